The lowest BCUT2D eigenvalue weighted by molar-refractivity contribution is -0.120. The molecule has 5 heteroatoms. The fraction of sp³-hybridized carbons (Fsp3) is 0.160. The van der Waals surface area contributed by atoms with E-state index in [2.05, 4.69) is 22.7 Å². The second kappa shape index (κ2) is 10.0. The van der Waals surface area contributed by atoms with Crippen LogP contribution in [0.2, 0.25) is 0 Å². The van der Waals surface area contributed by atoms with Gasteiger partial charge in [0.2, 0.25) is 5.91 Å². The quantitative estimate of drug-likeness (QED) is 0.473. The predicted octanol–water partition coefficient (Wildman–Crippen LogP) is 4.45. The van der Waals surface area contributed by atoms with E-state index in [1.54, 1.807) is 12.3 Å². The van der Waals surface area contributed by atoms with Gasteiger partial charge < -0.3 is 4.74 Å². The largest absolute Gasteiger partial charge is 0.488 e. The van der Waals surface area contributed by atoms with Crippen molar-refractivity contribution in [1.29, 1.82) is 5.26 Å². The first-order chi connectivity index (χ1) is 14.6. The van der Waals surface area contributed by atoms with E-state index >= 15 is 0 Å². The van der Waals surface area contributed by atoms with Gasteiger partial charge >= 0.3 is 0 Å². The lowest BCUT2D eigenvalue weighted by Gasteiger charge is -2.10. The number of nitriles is 1. The van der Waals surface area contributed by atoms with Crippen LogP contribution in [-0.4, -0.2) is 12.1 Å². The van der Waals surface area contributed by atoms with Crippen molar-refractivity contribution in [3.63, 3.8) is 0 Å². The van der Waals surface area contributed by atoms with E-state index in [1.165, 1.54) is 5.56 Å². The van der Waals surface area contributed by atoms with Crippen LogP contribution in [0.15, 0.2) is 71.8 Å². The van der Waals surface area contributed by atoms with Crippen LogP contribution in [0.1, 0.15) is 33.4 Å². The fourth-order valence-corrected chi connectivity index (χ4v) is 3.06. The molecule has 0 saturated heterocycles. The van der Waals surface area contributed by atoms with E-state index < -0.39 is 0 Å². The topological polar surface area (TPSA) is 74.5 Å². The number of hydrogen-bond acceptors (Lipinski definition) is 4. The Morgan fingerprint density at radius 3 is 2.63 bits per heavy atom. The average Bonchev–Trinajstić information content (AvgIpc) is 2.75. The Labute approximate surface area is 176 Å². The van der Waals surface area contributed by atoms with Gasteiger partial charge in [-0.1, -0.05) is 54.1 Å². The van der Waals surface area contributed by atoms with Crippen molar-refractivity contribution in [2.75, 3.05) is 0 Å². The highest BCUT2D eigenvalue weighted by Gasteiger charge is 2.07. The summed E-state index contributed by atoms with van der Waals surface area (Å²) >= 11 is 0. The van der Waals surface area contributed by atoms with Gasteiger partial charge in [0.1, 0.15) is 12.4 Å². The predicted molar refractivity (Wildman–Crippen MR) is 117 cm³/mol. The minimum Gasteiger partial charge on any atom is -0.488 e. The first-order valence-electron chi connectivity index (χ1n) is 9.64. The van der Waals surface area contributed by atoms with Gasteiger partial charge in [-0.05, 0) is 43.2 Å². The van der Waals surface area contributed by atoms with Gasteiger partial charge in [0.05, 0.1) is 24.3 Å². The molecule has 0 aliphatic carbocycles. The first-order valence-corrected chi connectivity index (χ1v) is 9.64. The van der Waals surface area contributed by atoms with Gasteiger partial charge in [-0.2, -0.15) is 10.4 Å². The molecule has 0 aromatic heterocycles. The van der Waals surface area contributed by atoms with E-state index in [-0.39, 0.29) is 18.9 Å². The second-order valence-corrected chi connectivity index (χ2v) is 7.00. The lowest BCUT2D eigenvalue weighted by Crippen LogP contribution is -2.20. The number of carbonyl (C=O) groups excluding carboxylic acids is 1. The molecule has 3 aromatic carbocycles. The highest BCUT2D eigenvalue weighted by atomic mass is 16.5. The highest BCUT2D eigenvalue weighted by Crippen LogP contribution is 2.19. The molecule has 1 N–H and O–H groups in total. The third kappa shape index (κ3) is 5.55. The number of aryl methyl sites for hydroxylation is 2. The molecule has 0 atom stereocenters. The zero-order chi connectivity index (χ0) is 21.3. The SMILES string of the molecule is Cc1ccc(CC(=O)N/N=C/c2ccccc2OCc2ccccc2C#N)c(C)c1. The maximum atomic E-state index is 12.2. The normalized spacial score (nSPS) is 10.6. The second-order valence-electron chi connectivity index (χ2n) is 7.00. The Bertz CT molecular complexity index is 1110. The molecule has 0 radical (unpaired) electrons. The summed E-state index contributed by atoms with van der Waals surface area (Å²) in [5.41, 5.74) is 7.94. The van der Waals surface area contributed by atoms with Crippen LogP contribution in [0.4, 0.5) is 0 Å². The number of ether oxygens (including phenoxy) is 1. The van der Waals surface area contributed by atoms with E-state index in [0.717, 1.165) is 22.3 Å². The van der Waals surface area contributed by atoms with Crippen molar-refractivity contribution in [3.05, 3.63) is 100 Å². The van der Waals surface area contributed by atoms with Crippen LogP contribution in [0, 0.1) is 25.2 Å². The molecular formula is C25H23N3O2. The van der Waals surface area contributed by atoms with Crippen molar-refractivity contribution in [2.24, 2.45) is 5.10 Å². The third-order valence-corrected chi connectivity index (χ3v) is 4.68. The fourth-order valence-electron chi connectivity index (χ4n) is 3.06. The molecule has 5 nitrogen and oxygen atoms in total. The molecule has 0 fully saturated rings. The summed E-state index contributed by atoms with van der Waals surface area (Å²) in [4.78, 5) is 12.2. The number of hydrazone groups is 1. The molecule has 0 unspecified atom stereocenters. The van der Waals surface area contributed by atoms with Gasteiger partial charge in [-0.3, -0.25) is 4.79 Å². The number of nitrogens with zero attached hydrogens (tertiary/aromatic N) is 2. The van der Waals surface area contributed by atoms with Gasteiger partial charge in [0, 0.05) is 11.1 Å². The minimum absolute atomic E-state index is 0.181. The van der Waals surface area contributed by atoms with E-state index in [1.807, 2.05) is 68.4 Å². The van der Waals surface area contributed by atoms with Gasteiger partial charge in [-0.25, -0.2) is 5.43 Å². The Morgan fingerprint density at radius 2 is 1.83 bits per heavy atom. The van der Waals surface area contributed by atoms with Crippen LogP contribution in [0.5, 0.6) is 5.75 Å². The van der Waals surface area contributed by atoms with Crippen LogP contribution < -0.4 is 10.2 Å². The maximum Gasteiger partial charge on any atom is 0.244 e. The number of para-hydroxylation sites is 1. The Kier molecular flexibility index (Phi) is 6.96. The van der Waals surface area contributed by atoms with Crippen LogP contribution in [0.25, 0.3) is 0 Å². The van der Waals surface area contributed by atoms with Crippen LogP contribution in [0.3, 0.4) is 0 Å². The minimum atomic E-state index is -0.181. The van der Waals surface area contributed by atoms with E-state index in [9.17, 15) is 10.1 Å². The zero-order valence-electron chi connectivity index (χ0n) is 17.1. The van der Waals surface area contributed by atoms with E-state index in [0.29, 0.717) is 11.3 Å². The van der Waals surface area contributed by atoms with Crippen molar-refractivity contribution in [1.82, 2.24) is 5.43 Å². The number of hydrogen-bond donors (Lipinski definition) is 1. The molecule has 0 heterocycles. The number of benzene rings is 3. The zero-order valence-corrected chi connectivity index (χ0v) is 17.1. The number of amides is 1. The van der Waals surface area contributed by atoms with Crippen molar-refractivity contribution in [3.8, 4) is 11.8 Å². The van der Waals surface area contributed by atoms with Gasteiger partial charge in [0.15, 0.2) is 0 Å². The molecule has 150 valence electrons. The van der Waals surface area contributed by atoms with E-state index in [4.69, 9.17) is 4.74 Å². The molecule has 0 aliphatic rings. The summed E-state index contributed by atoms with van der Waals surface area (Å²) < 4.78 is 5.89. The third-order valence-electron chi connectivity index (χ3n) is 4.68. The summed E-state index contributed by atoms with van der Waals surface area (Å²) in [7, 11) is 0. The molecule has 0 aliphatic heterocycles. The summed E-state index contributed by atoms with van der Waals surface area (Å²) in [5.74, 6) is 0.442. The summed E-state index contributed by atoms with van der Waals surface area (Å²) in [6, 6.07) is 22.9. The summed E-state index contributed by atoms with van der Waals surface area (Å²) in [6.45, 7) is 4.30. The number of carbonyl (C=O) groups is 1. The summed E-state index contributed by atoms with van der Waals surface area (Å²) in [5, 5.41) is 13.3. The van der Waals surface area contributed by atoms with Gasteiger partial charge in [0.25, 0.3) is 0 Å². The standard InChI is InChI=1S/C25H23N3O2/c1-18-11-12-20(19(2)13-18)14-25(29)28-27-16-22-8-5-6-10-24(22)30-17-23-9-4-3-7-21(23)15-26/h3-13,16H,14,17H2,1-2H3,(H,28,29)/b27-16+. The van der Waals surface area contributed by atoms with Crippen LogP contribution >= 0.6 is 0 Å². The smallest absolute Gasteiger partial charge is 0.244 e. The van der Waals surface area contributed by atoms with Crippen molar-refractivity contribution < 1.29 is 9.53 Å². The maximum absolute atomic E-state index is 12.2. The molecule has 1 amide bonds. The van der Waals surface area contributed by atoms with Crippen LogP contribution in [-0.2, 0) is 17.8 Å². The Hall–Kier alpha value is -3.91. The first kappa shape index (κ1) is 20.8. The Balaban J connectivity index is 1.62. The molecule has 30 heavy (non-hydrogen) atoms. The molecule has 0 spiro atoms. The number of nitrogens with one attached hydrogen (secondary N) is 1. The Morgan fingerprint density at radius 1 is 1.07 bits per heavy atom. The molecule has 0 bridgehead atoms. The number of rotatable bonds is 7. The summed E-state index contributed by atoms with van der Waals surface area (Å²) in [6.07, 6.45) is 1.83. The highest BCUT2D eigenvalue weighted by molar-refractivity contribution is 5.85. The molecule has 3 aromatic rings. The van der Waals surface area contributed by atoms with Crippen molar-refractivity contribution in [2.45, 2.75) is 26.9 Å². The molecule has 0 saturated carbocycles. The average molecular weight is 397 g/mol. The lowest BCUT2D eigenvalue weighted by atomic mass is 10.0. The molecule has 3 rings (SSSR count). The molecular weight excluding hydrogens is 374 g/mol. The monoisotopic (exact) mass is 397 g/mol. The van der Waals surface area contributed by atoms with Gasteiger partial charge in [-0.15, -0.1) is 0 Å². The van der Waals surface area contributed by atoms with Crippen molar-refractivity contribution >= 4 is 12.1 Å².